The van der Waals surface area contributed by atoms with Crippen molar-refractivity contribution >= 4 is 17.1 Å². The lowest BCUT2D eigenvalue weighted by Crippen LogP contribution is -2.24. The Balaban J connectivity index is 1.52. The van der Waals surface area contributed by atoms with Crippen LogP contribution in [0.3, 0.4) is 0 Å². The maximum absolute atomic E-state index is 13.4. The normalized spacial score (nSPS) is 11.2. The lowest BCUT2D eigenvalue weighted by atomic mass is 10.1. The monoisotopic (exact) mass is 444 g/mol. The number of H-pyrrole nitrogens is 1. The molecule has 0 fully saturated rings. The van der Waals surface area contributed by atoms with Gasteiger partial charge in [0.25, 0.3) is 0 Å². The van der Waals surface area contributed by atoms with Crippen LogP contribution in [0.25, 0.3) is 5.13 Å². The molecule has 0 aliphatic carbocycles. The number of benzene rings is 1. The fourth-order valence-electron chi connectivity index (χ4n) is 3.15. The molecule has 1 N–H and O–H groups in total. The number of Topliss-reactive ketones (excluding diaryl/α,β-unsaturated/α-hetero) is 1. The molecule has 0 atom stereocenters. The predicted molar refractivity (Wildman–Crippen MR) is 110 cm³/mol. The standard InChI is InChI=1S/C20H18F2N6O2S/c1-11-5-16(26-25-11)3-4-17(29)18-12(2)24-19(31-18)27-10-23-28(20(27)30)9-13-6-14(21)8-15(22)7-13/h5-8,10H,3-4,9H2,1-2H3,(H,25,26). The van der Waals surface area contributed by atoms with Gasteiger partial charge in [-0.05, 0) is 44.0 Å². The zero-order valence-corrected chi connectivity index (χ0v) is 17.5. The molecule has 11 heteroatoms. The van der Waals surface area contributed by atoms with Crippen LogP contribution in [0.2, 0.25) is 0 Å². The van der Waals surface area contributed by atoms with E-state index in [9.17, 15) is 18.4 Å². The highest BCUT2D eigenvalue weighted by molar-refractivity contribution is 7.16. The van der Waals surface area contributed by atoms with Gasteiger partial charge in [-0.2, -0.15) is 10.2 Å². The van der Waals surface area contributed by atoms with E-state index in [-0.39, 0.29) is 24.3 Å². The average Bonchev–Trinajstić information content (AvgIpc) is 3.39. The molecule has 4 rings (SSSR count). The molecule has 0 unspecified atom stereocenters. The maximum atomic E-state index is 13.4. The van der Waals surface area contributed by atoms with Gasteiger partial charge in [0.1, 0.15) is 18.0 Å². The van der Waals surface area contributed by atoms with Crippen LogP contribution in [0.15, 0.2) is 35.4 Å². The first-order valence-electron chi connectivity index (χ1n) is 9.41. The van der Waals surface area contributed by atoms with Crippen LogP contribution < -0.4 is 5.69 Å². The second-order valence-corrected chi connectivity index (χ2v) is 8.07. The van der Waals surface area contributed by atoms with E-state index in [1.54, 1.807) is 6.92 Å². The highest BCUT2D eigenvalue weighted by atomic mass is 32.1. The van der Waals surface area contributed by atoms with E-state index in [0.717, 1.165) is 45.6 Å². The molecule has 0 amide bonds. The van der Waals surface area contributed by atoms with Crippen molar-refractivity contribution in [1.29, 1.82) is 0 Å². The third-order valence-corrected chi connectivity index (χ3v) is 5.80. The summed E-state index contributed by atoms with van der Waals surface area (Å²) in [4.78, 5) is 30.1. The summed E-state index contributed by atoms with van der Waals surface area (Å²) >= 11 is 1.10. The topological polar surface area (TPSA) is 98.5 Å². The number of carbonyl (C=O) groups is 1. The molecular formula is C20H18F2N6O2S. The maximum Gasteiger partial charge on any atom is 0.352 e. The Kier molecular flexibility index (Phi) is 5.59. The van der Waals surface area contributed by atoms with Crippen LogP contribution in [0, 0.1) is 25.5 Å². The summed E-state index contributed by atoms with van der Waals surface area (Å²) in [6.07, 6.45) is 2.04. The Hall–Kier alpha value is -3.47. The van der Waals surface area contributed by atoms with E-state index in [1.807, 2.05) is 13.0 Å². The average molecular weight is 444 g/mol. The first-order chi connectivity index (χ1) is 14.8. The third-order valence-electron chi connectivity index (χ3n) is 4.60. The van der Waals surface area contributed by atoms with Crippen LogP contribution in [0.1, 0.15) is 38.7 Å². The molecule has 31 heavy (non-hydrogen) atoms. The van der Waals surface area contributed by atoms with Crippen molar-refractivity contribution in [2.45, 2.75) is 33.2 Å². The molecule has 160 valence electrons. The van der Waals surface area contributed by atoms with Crippen molar-refractivity contribution in [2.75, 3.05) is 0 Å². The molecule has 3 aromatic heterocycles. The van der Waals surface area contributed by atoms with Crippen LogP contribution >= 0.6 is 11.3 Å². The van der Waals surface area contributed by atoms with Gasteiger partial charge in [0, 0.05) is 18.2 Å². The number of hydrogen-bond donors (Lipinski definition) is 1. The highest BCUT2D eigenvalue weighted by Crippen LogP contribution is 2.22. The van der Waals surface area contributed by atoms with E-state index < -0.39 is 17.3 Å². The molecule has 8 nitrogen and oxygen atoms in total. The van der Waals surface area contributed by atoms with Crippen molar-refractivity contribution < 1.29 is 13.6 Å². The Morgan fingerprint density at radius 2 is 1.90 bits per heavy atom. The van der Waals surface area contributed by atoms with Crippen molar-refractivity contribution in [3.05, 3.63) is 80.2 Å². The van der Waals surface area contributed by atoms with Gasteiger partial charge in [-0.1, -0.05) is 11.3 Å². The second kappa shape index (κ2) is 8.34. The molecule has 0 saturated carbocycles. The molecular weight excluding hydrogens is 426 g/mol. The number of hydrogen-bond acceptors (Lipinski definition) is 6. The predicted octanol–water partition coefficient (Wildman–Crippen LogP) is 2.97. The van der Waals surface area contributed by atoms with E-state index in [4.69, 9.17) is 0 Å². The summed E-state index contributed by atoms with van der Waals surface area (Å²) in [6, 6.07) is 4.92. The van der Waals surface area contributed by atoms with Gasteiger partial charge in [0.2, 0.25) is 0 Å². The fourth-order valence-corrected chi connectivity index (χ4v) is 4.15. The van der Waals surface area contributed by atoms with Gasteiger partial charge >= 0.3 is 5.69 Å². The van der Waals surface area contributed by atoms with Gasteiger partial charge in [0.05, 0.1) is 22.8 Å². The van der Waals surface area contributed by atoms with Gasteiger partial charge in [-0.3, -0.25) is 9.89 Å². The Morgan fingerprint density at radius 1 is 1.16 bits per heavy atom. The lowest BCUT2D eigenvalue weighted by molar-refractivity contribution is 0.0985. The summed E-state index contributed by atoms with van der Waals surface area (Å²) in [5, 5.41) is 11.3. The SMILES string of the molecule is Cc1cc(CCC(=O)c2sc(-n3cnn(Cc4cc(F)cc(F)c4)c3=O)nc2C)n[nH]1. The van der Waals surface area contributed by atoms with E-state index in [0.29, 0.717) is 22.1 Å². The number of aromatic amines is 1. The second-order valence-electron chi connectivity index (χ2n) is 7.10. The smallest absolute Gasteiger partial charge is 0.293 e. The van der Waals surface area contributed by atoms with Gasteiger partial charge in [0.15, 0.2) is 10.9 Å². The number of aromatic nitrogens is 6. The van der Waals surface area contributed by atoms with Gasteiger partial charge < -0.3 is 0 Å². The number of nitrogens with zero attached hydrogens (tertiary/aromatic N) is 5. The number of ketones is 1. The summed E-state index contributed by atoms with van der Waals surface area (Å²) in [5.74, 6) is -1.55. The number of halogens is 2. The lowest BCUT2D eigenvalue weighted by Gasteiger charge is -2.01. The molecule has 0 radical (unpaired) electrons. The van der Waals surface area contributed by atoms with Crippen LogP contribution in [0.4, 0.5) is 8.78 Å². The van der Waals surface area contributed by atoms with E-state index in [1.165, 1.54) is 10.9 Å². The third kappa shape index (κ3) is 4.50. The molecule has 0 aliphatic rings. The number of thiazole rings is 1. The molecule has 0 saturated heterocycles. The summed E-state index contributed by atoms with van der Waals surface area (Å²) < 4.78 is 29.1. The van der Waals surface area contributed by atoms with Crippen LogP contribution in [0.5, 0.6) is 0 Å². The molecule has 0 spiro atoms. The molecule has 0 aliphatic heterocycles. The molecule has 0 bridgehead atoms. The Bertz CT molecular complexity index is 1300. The van der Waals surface area contributed by atoms with Gasteiger partial charge in [-0.15, -0.1) is 0 Å². The Labute approximate surface area is 179 Å². The van der Waals surface area contributed by atoms with E-state index in [2.05, 4.69) is 20.3 Å². The minimum atomic E-state index is -0.730. The van der Waals surface area contributed by atoms with Crippen LogP contribution in [-0.2, 0) is 13.0 Å². The highest BCUT2D eigenvalue weighted by Gasteiger charge is 2.19. The van der Waals surface area contributed by atoms with Crippen molar-refractivity contribution in [2.24, 2.45) is 0 Å². The number of rotatable bonds is 7. The van der Waals surface area contributed by atoms with Crippen molar-refractivity contribution in [3.8, 4) is 5.13 Å². The van der Waals surface area contributed by atoms with E-state index >= 15 is 0 Å². The largest absolute Gasteiger partial charge is 0.352 e. The summed E-state index contributed by atoms with van der Waals surface area (Å²) in [5.41, 5.74) is 2.00. The fraction of sp³-hybridized carbons (Fsp3) is 0.250. The summed E-state index contributed by atoms with van der Waals surface area (Å²) in [6.45, 7) is 3.50. The first-order valence-corrected chi connectivity index (χ1v) is 10.2. The number of aryl methyl sites for hydroxylation is 3. The zero-order chi connectivity index (χ0) is 22.1. The zero-order valence-electron chi connectivity index (χ0n) is 16.7. The quantitative estimate of drug-likeness (QED) is 0.442. The van der Waals surface area contributed by atoms with Crippen molar-refractivity contribution in [1.82, 2.24) is 29.5 Å². The first kappa shape index (κ1) is 20.8. The van der Waals surface area contributed by atoms with Crippen LogP contribution in [-0.4, -0.2) is 35.3 Å². The number of nitrogens with one attached hydrogen (secondary N) is 1. The molecule has 1 aromatic carbocycles. The van der Waals surface area contributed by atoms with Gasteiger partial charge in [-0.25, -0.2) is 27.8 Å². The number of carbonyl (C=O) groups excluding carboxylic acids is 1. The summed E-state index contributed by atoms with van der Waals surface area (Å²) in [7, 11) is 0. The minimum Gasteiger partial charge on any atom is -0.293 e. The molecule has 3 heterocycles. The molecule has 4 aromatic rings. The minimum absolute atomic E-state index is 0.0856. The Morgan fingerprint density at radius 3 is 2.58 bits per heavy atom. The van der Waals surface area contributed by atoms with Crippen molar-refractivity contribution in [3.63, 3.8) is 0 Å².